The van der Waals surface area contributed by atoms with E-state index in [1.54, 1.807) is 0 Å². The molecule has 1 aromatic heterocycles. The van der Waals surface area contributed by atoms with Crippen molar-refractivity contribution in [1.29, 1.82) is 0 Å². The van der Waals surface area contributed by atoms with Gasteiger partial charge in [-0.1, -0.05) is 12.1 Å². The lowest BCUT2D eigenvalue weighted by Crippen LogP contribution is -2.16. The molecule has 4 rings (SSSR count). The van der Waals surface area contributed by atoms with Crippen molar-refractivity contribution in [2.45, 2.75) is 12.8 Å². The lowest BCUT2D eigenvalue weighted by atomic mass is 10.0. The molecule has 4 aromatic rings. The van der Waals surface area contributed by atoms with E-state index in [0.717, 1.165) is 18.2 Å². The molecular weight excluding hydrogens is 504 g/mol. The van der Waals surface area contributed by atoms with Gasteiger partial charge in [-0.2, -0.15) is 13.2 Å². The summed E-state index contributed by atoms with van der Waals surface area (Å²) in [7, 11) is 1.35. The Balaban J connectivity index is 1.78. The second-order valence-corrected chi connectivity index (χ2v) is 7.36. The molecule has 0 unspecified atom stereocenters. The third-order valence-electron chi connectivity index (χ3n) is 5.18. The number of halogens is 8. The molecule has 0 radical (unpaired) electrons. The topological polar surface area (TPSA) is 48.7 Å². The Labute approximate surface area is 196 Å². The van der Waals surface area contributed by atoms with E-state index >= 15 is 0 Å². The Morgan fingerprint density at radius 1 is 0.806 bits per heavy atom. The Hall–Kier alpha value is -4.09. The lowest BCUT2D eigenvalue weighted by Gasteiger charge is -2.14. The van der Waals surface area contributed by atoms with Crippen molar-refractivity contribution in [2.24, 2.45) is 0 Å². The molecule has 0 saturated carbocycles. The number of hydrogen-bond acceptors (Lipinski definition) is 4. The number of benzene rings is 3. The minimum absolute atomic E-state index is 0.0922. The molecule has 0 bridgehead atoms. The summed E-state index contributed by atoms with van der Waals surface area (Å²) in [4.78, 5) is 13.0. The second-order valence-electron chi connectivity index (χ2n) is 7.36. The maximum absolute atomic E-state index is 13.9. The van der Waals surface area contributed by atoms with Gasteiger partial charge in [0, 0.05) is 6.07 Å². The number of hydrogen-bond donors (Lipinski definition) is 0. The number of rotatable bonds is 5. The molecule has 0 amide bonds. The van der Waals surface area contributed by atoms with Crippen LogP contribution in [-0.4, -0.2) is 7.11 Å². The van der Waals surface area contributed by atoms with Crippen molar-refractivity contribution in [3.05, 3.63) is 93.1 Å². The van der Waals surface area contributed by atoms with E-state index in [-0.39, 0.29) is 16.7 Å². The zero-order valence-corrected chi connectivity index (χ0v) is 17.9. The van der Waals surface area contributed by atoms with E-state index in [1.807, 2.05) is 0 Å². The zero-order valence-electron chi connectivity index (χ0n) is 17.9. The highest BCUT2D eigenvalue weighted by molar-refractivity contribution is 5.84. The van der Waals surface area contributed by atoms with Crippen molar-refractivity contribution >= 4 is 11.0 Å². The Morgan fingerprint density at radius 2 is 1.36 bits per heavy atom. The van der Waals surface area contributed by atoms with Gasteiger partial charge in [0.2, 0.25) is 17.0 Å². The number of ether oxygens (including phenoxy) is 2. The summed E-state index contributed by atoms with van der Waals surface area (Å²) in [6.45, 7) is -1.16. The van der Waals surface area contributed by atoms with Gasteiger partial charge in [0.15, 0.2) is 23.3 Å². The molecule has 0 aliphatic carbocycles. The standard InChI is InChI=1S/C24H12F8O4/c1-34-11-4-2-10(3-5-11)16-22(33)13-7-6-12(8-15(13)36-23(16)24(30,31)32)35-9-14-17(25)19(27)21(29)20(28)18(14)26/h2-8H,9H2,1H3. The first kappa shape index (κ1) is 25.0. The van der Waals surface area contributed by atoms with Crippen LogP contribution in [0.4, 0.5) is 35.1 Å². The van der Waals surface area contributed by atoms with E-state index in [1.165, 1.54) is 31.4 Å². The van der Waals surface area contributed by atoms with Gasteiger partial charge in [-0.3, -0.25) is 4.79 Å². The largest absolute Gasteiger partial charge is 0.497 e. The average Bonchev–Trinajstić information content (AvgIpc) is 2.85. The van der Waals surface area contributed by atoms with Crippen LogP contribution < -0.4 is 14.9 Å². The Kier molecular flexibility index (Phi) is 6.37. The minimum atomic E-state index is -5.09. The maximum atomic E-state index is 13.9. The van der Waals surface area contributed by atoms with Crippen molar-refractivity contribution in [3.8, 4) is 22.6 Å². The molecule has 0 saturated heterocycles. The summed E-state index contributed by atoms with van der Waals surface area (Å²) >= 11 is 0. The van der Waals surface area contributed by atoms with Crippen LogP contribution in [0.1, 0.15) is 11.3 Å². The highest BCUT2D eigenvalue weighted by atomic mass is 19.4. The highest BCUT2D eigenvalue weighted by Gasteiger charge is 2.39. The lowest BCUT2D eigenvalue weighted by molar-refractivity contribution is -0.152. The molecule has 188 valence electrons. The van der Waals surface area contributed by atoms with Crippen LogP contribution in [-0.2, 0) is 12.8 Å². The van der Waals surface area contributed by atoms with Gasteiger partial charge < -0.3 is 13.9 Å². The van der Waals surface area contributed by atoms with E-state index in [2.05, 4.69) is 0 Å². The normalized spacial score (nSPS) is 11.7. The minimum Gasteiger partial charge on any atom is -0.497 e. The van der Waals surface area contributed by atoms with Crippen LogP contribution in [0.5, 0.6) is 11.5 Å². The van der Waals surface area contributed by atoms with Crippen LogP contribution in [0, 0.1) is 29.1 Å². The SMILES string of the molecule is COc1ccc(-c2c(C(F)(F)F)oc3cc(OCc4c(F)c(F)c(F)c(F)c4F)ccc3c2=O)cc1. The predicted octanol–water partition coefficient (Wildman–Crippen LogP) is 6.76. The number of methoxy groups -OCH3 is 1. The van der Waals surface area contributed by atoms with Crippen LogP contribution in [0.3, 0.4) is 0 Å². The van der Waals surface area contributed by atoms with Gasteiger partial charge in [-0.25, -0.2) is 22.0 Å². The van der Waals surface area contributed by atoms with E-state index in [9.17, 15) is 39.9 Å². The smallest absolute Gasteiger partial charge is 0.450 e. The average molecular weight is 516 g/mol. The van der Waals surface area contributed by atoms with Gasteiger partial charge in [-0.05, 0) is 29.8 Å². The second kappa shape index (κ2) is 9.17. The Morgan fingerprint density at radius 3 is 1.92 bits per heavy atom. The third kappa shape index (κ3) is 4.34. The fourth-order valence-electron chi connectivity index (χ4n) is 3.42. The summed E-state index contributed by atoms with van der Waals surface area (Å²) in [5.74, 6) is -12.6. The summed E-state index contributed by atoms with van der Waals surface area (Å²) in [6.07, 6.45) is -5.09. The molecule has 0 N–H and O–H groups in total. The van der Waals surface area contributed by atoms with Crippen molar-refractivity contribution < 1.29 is 49.0 Å². The first-order chi connectivity index (χ1) is 16.9. The maximum Gasteiger partial charge on any atom is 0.450 e. The quantitative estimate of drug-likeness (QED) is 0.167. The van der Waals surface area contributed by atoms with Crippen LogP contribution in [0.15, 0.2) is 51.7 Å². The molecule has 36 heavy (non-hydrogen) atoms. The predicted molar refractivity (Wildman–Crippen MR) is 110 cm³/mol. The molecule has 3 aromatic carbocycles. The summed E-state index contributed by atoms with van der Waals surface area (Å²) in [6, 6.07) is 8.14. The van der Waals surface area contributed by atoms with E-state index < -0.39 is 69.8 Å². The first-order valence-corrected chi connectivity index (χ1v) is 9.89. The van der Waals surface area contributed by atoms with E-state index in [4.69, 9.17) is 13.9 Å². The van der Waals surface area contributed by atoms with Gasteiger partial charge in [0.25, 0.3) is 0 Å². The Bertz CT molecular complexity index is 1500. The fraction of sp³-hybridized carbons (Fsp3) is 0.125. The molecular formula is C24H12F8O4. The van der Waals surface area contributed by atoms with Crippen molar-refractivity contribution in [2.75, 3.05) is 7.11 Å². The van der Waals surface area contributed by atoms with Crippen molar-refractivity contribution in [1.82, 2.24) is 0 Å². The van der Waals surface area contributed by atoms with E-state index in [0.29, 0.717) is 5.75 Å². The van der Waals surface area contributed by atoms with Crippen LogP contribution >= 0.6 is 0 Å². The van der Waals surface area contributed by atoms with Crippen molar-refractivity contribution in [3.63, 3.8) is 0 Å². The molecule has 0 aliphatic rings. The molecule has 12 heteroatoms. The molecule has 0 fully saturated rings. The summed E-state index contributed by atoms with van der Waals surface area (Å²) < 4.78 is 124. The monoisotopic (exact) mass is 516 g/mol. The summed E-state index contributed by atoms with van der Waals surface area (Å²) in [5.41, 5.74) is -3.75. The van der Waals surface area contributed by atoms with Gasteiger partial charge >= 0.3 is 6.18 Å². The highest BCUT2D eigenvalue weighted by Crippen LogP contribution is 2.38. The van der Waals surface area contributed by atoms with Gasteiger partial charge in [0.05, 0.1) is 23.6 Å². The van der Waals surface area contributed by atoms with Gasteiger partial charge in [0.1, 0.15) is 23.7 Å². The first-order valence-electron chi connectivity index (χ1n) is 9.89. The molecule has 0 spiro atoms. The number of fused-ring (bicyclic) bond motifs is 1. The molecule has 0 aliphatic heterocycles. The molecule has 4 nitrogen and oxygen atoms in total. The number of alkyl halides is 3. The van der Waals surface area contributed by atoms with Gasteiger partial charge in [-0.15, -0.1) is 0 Å². The third-order valence-corrected chi connectivity index (χ3v) is 5.18. The van der Waals surface area contributed by atoms with Crippen LogP contribution in [0.25, 0.3) is 22.1 Å². The summed E-state index contributed by atoms with van der Waals surface area (Å²) in [5, 5.41) is -0.280. The molecule has 0 atom stereocenters. The molecule has 1 heterocycles. The fourth-order valence-corrected chi connectivity index (χ4v) is 3.42. The van der Waals surface area contributed by atoms with Crippen LogP contribution in [0.2, 0.25) is 0 Å². The zero-order chi connectivity index (χ0) is 26.4.